The van der Waals surface area contributed by atoms with Crippen LogP contribution in [0.5, 0.6) is 0 Å². The van der Waals surface area contributed by atoms with Gasteiger partial charge in [0.1, 0.15) is 0 Å². The molecule has 0 aromatic heterocycles. The van der Waals surface area contributed by atoms with Crippen LogP contribution in [-0.4, -0.2) is 44.9 Å². The maximum absolute atomic E-state index is 13.1. The topological polar surface area (TPSA) is 41.8 Å². The highest BCUT2D eigenvalue weighted by molar-refractivity contribution is 7.89. The minimum atomic E-state index is -3.40. The standard InChI is InChI=1S/C21H28N2O2S/c1-17-5-4-8-20(15-17)22-11-13-23(14-12-22)26(24,25)21-10-9-18-6-2-3-7-19(18)16-21/h2-3,6-7,9-10,16-17,20H,4-5,8,11-15H2,1H3/p+1/t17-,20-/m0/s1. The molecule has 2 aliphatic rings. The monoisotopic (exact) mass is 373 g/mol. The van der Waals surface area contributed by atoms with Gasteiger partial charge in [-0.2, -0.15) is 4.31 Å². The predicted molar refractivity (Wildman–Crippen MR) is 105 cm³/mol. The minimum Gasteiger partial charge on any atom is -0.330 e. The maximum Gasteiger partial charge on any atom is 0.243 e. The Morgan fingerprint density at radius 2 is 1.73 bits per heavy atom. The number of fused-ring (bicyclic) bond motifs is 1. The third-order valence-electron chi connectivity index (χ3n) is 6.24. The van der Waals surface area contributed by atoms with Crippen LogP contribution in [-0.2, 0) is 10.0 Å². The summed E-state index contributed by atoms with van der Waals surface area (Å²) in [5.74, 6) is 0.820. The van der Waals surface area contributed by atoms with Gasteiger partial charge in [0, 0.05) is 6.42 Å². The summed E-state index contributed by atoms with van der Waals surface area (Å²) in [5, 5.41) is 2.06. The van der Waals surface area contributed by atoms with Crippen LogP contribution >= 0.6 is 0 Å². The van der Waals surface area contributed by atoms with E-state index in [4.69, 9.17) is 0 Å². The second-order valence-electron chi connectivity index (χ2n) is 8.04. The lowest BCUT2D eigenvalue weighted by molar-refractivity contribution is -0.930. The van der Waals surface area contributed by atoms with E-state index < -0.39 is 10.0 Å². The molecular weight excluding hydrogens is 344 g/mol. The minimum absolute atomic E-state index is 0.422. The molecule has 26 heavy (non-hydrogen) atoms. The van der Waals surface area contributed by atoms with Crippen molar-refractivity contribution in [2.24, 2.45) is 5.92 Å². The largest absolute Gasteiger partial charge is 0.330 e. The lowest BCUT2D eigenvalue weighted by Crippen LogP contribution is -3.18. The molecule has 1 N–H and O–H groups in total. The zero-order chi connectivity index (χ0) is 18.1. The van der Waals surface area contributed by atoms with Gasteiger partial charge in [0.2, 0.25) is 10.0 Å². The lowest BCUT2D eigenvalue weighted by Gasteiger charge is -2.38. The smallest absolute Gasteiger partial charge is 0.243 e. The van der Waals surface area contributed by atoms with Crippen LogP contribution in [0.2, 0.25) is 0 Å². The molecule has 2 fully saturated rings. The van der Waals surface area contributed by atoms with Gasteiger partial charge in [0.25, 0.3) is 0 Å². The number of piperazine rings is 1. The van der Waals surface area contributed by atoms with Crippen molar-refractivity contribution >= 4 is 20.8 Å². The highest BCUT2D eigenvalue weighted by atomic mass is 32.2. The van der Waals surface area contributed by atoms with Gasteiger partial charge in [-0.25, -0.2) is 8.42 Å². The van der Waals surface area contributed by atoms with Crippen LogP contribution in [0.4, 0.5) is 0 Å². The van der Waals surface area contributed by atoms with Crippen LogP contribution in [0.3, 0.4) is 0 Å². The fourth-order valence-corrected chi connectivity index (χ4v) is 6.18. The molecule has 2 aromatic carbocycles. The second kappa shape index (κ2) is 7.29. The number of nitrogens with zero attached hydrogens (tertiary/aromatic N) is 1. The quantitative estimate of drug-likeness (QED) is 0.897. The molecule has 0 spiro atoms. The van der Waals surface area contributed by atoms with Crippen LogP contribution in [0, 0.1) is 5.92 Å². The first kappa shape index (κ1) is 18.0. The van der Waals surface area contributed by atoms with Crippen LogP contribution in [0.1, 0.15) is 32.6 Å². The molecule has 1 heterocycles. The summed E-state index contributed by atoms with van der Waals surface area (Å²) in [6, 6.07) is 14.1. The Balaban J connectivity index is 1.47. The first-order chi connectivity index (χ1) is 12.5. The van der Waals surface area contributed by atoms with Crippen molar-refractivity contribution in [3.05, 3.63) is 42.5 Å². The molecule has 2 aromatic rings. The molecule has 1 saturated heterocycles. The maximum atomic E-state index is 13.1. The van der Waals surface area contributed by atoms with E-state index in [1.165, 1.54) is 25.7 Å². The van der Waals surface area contributed by atoms with E-state index in [-0.39, 0.29) is 0 Å². The molecule has 1 saturated carbocycles. The summed E-state index contributed by atoms with van der Waals surface area (Å²) in [5.41, 5.74) is 0. The molecular formula is C21H29N2O2S+. The van der Waals surface area contributed by atoms with Gasteiger partial charge in [-0.15, -0.1) is 0 Å². The summed E-state index contributed by atoms with van der Waals surface area (Å²) < 4.78 is 27.9. The third kappa shape index (κ3) is 3.53. The number of nitrogens with one attached hydrogen (secondary N) is 1. The predicted octanol–water partition coefficient (Wildman–Crippen LogP) is 2.31. The molecule has 1 aliphatic carbocycles. The Kier molecular flexibility index (Phi) is 5.04. The van der Waals surface area contributed by atoms with Crippen molar-refractivity contribution in [1.82, 2.24) is 4.31 Å². The summed E-state index contributed by atoms with van der Waals surface area (Å²) >= 11 is 0. The van der Waals surface area contributed by atoms with E-state index in [2.05, 4.69) is 6.92 Å². The SMILES string of the molecule is C[C@H]1CCC[C@H]([NH+]2CCN(S(=O)(=O)c3ccc4ccccc4c3)CC2)C1. The molecule has 0 bridgehead atoms. The normalized spacial score (nSPS) is 26.2. The van der Waals surface area contributed by atoms with Crippen molar-refractivity contribution < 1.29 is 13.3 Å². The lowest BCUT2D eigenvalue weighted by atomic mass is 9.86. The molecule has 140 valence electrons. The van der Waals surface area contributed by atoms with E-state index in [1.807, 2.05) is 36.4 Å². The zero-order valence-corrected chi connectivity index (χ0v) is 16.3. The molecule has 5 heteroatoms. The van der Waals surface area contributed by atoms with E-state index in [0.717, 1.165) is 35.8 Å². The summed E-state index contributed by atoms with van der Waals surface area (Å²) in [7, 11) is -3.40. The van der Waals surface area contributed by atoms with Crippen molar-refractivity contribution in [2.45, 2.75) is 43.5 Å². The van der Waals surface area contributed by atoms with Crippen molar-refractivity contribution in [3.63, 3.8) is 0 Å². The second-order valence-corrected chi connectivity index (χ2v) is 9.98. The first-order valence-corrected chi connectivity index (χ1v) is 11.3. The van der Waals surface area contributed by atoms with Crippen LogP contribution in [0.25, 0.3) is 10.8 Å². The van der Waals surface area contributed by atoms with Gasteiger partial charge < -0.3 is 4.90 Å². The van der Waals surface area contributed by atoms with E-state index in [1.54, 1.807) is 15.3 Å². The fraction of sp³-hybridized carbons (Fsp3) is 0.524. The van der Waals surface area contributed by atoms with Crippen LogP contribution in [0.15, 0.2) is 47.4 Å². The van der Waals surface area contributed by atoms with Gasteiger partial charge in [0.15, 0.2) is 0 Å². The summed E-state index contributed by atoms with van der Waals surface area (Å²) in [4.78, 5) is 2.03. The molecule has 4 rings (SSSR count). The zero-order valence-electron chi connectivity index (χ0n) is 15.5. The number of sulfonamides is 1. The summed E-state index contributed by atoms with van der Waals surface area (Å²) in [6.07, 6.45) is 5.28. The number of quaternary nitrogens is 1. The Morgan fingerprint density at radius 1 is 1.00 bits per heavy atom. The van der Waals surface area contributed by atoms with Gasteiger partial charge in [-0.1, -0.05) is 43.7 Å². The Morgan fingerprint density at radius 3 is 2.46 bits per heavy atom. The number of benzene rings is 2. The van der Waals surface area contributed by atoms with E-state index in [0.29, 0.717) is 18.0 Å². The number of hydrogen-bond donors (Lipinski definition) is 1. The van der Waals surface area contributed by atoms with Crippen LogP contribution < -0.4 is 4.90 Å². The summed E-state index contributed by atoms with van der Waals surface area (Å²) in [6.45, 7) is 5.49. The van der Waals surface area contributed by atoms with Crippen molar-refractivity contribution in [1.29, 1.82) is 0 Å². The van der Waals surface area contributed by atoms with Gasteiger partial charge in [-0.05, 0) is 41.7 Å². The average molecular weight is 374 g/mol. The third-order valence-corrected chi connectivity index (χ3v) is 8.13. The van der Waals surface area contributed by atoms with Gasteiger partial charge in [-0.3, -0.25) is 0 Å². The van der Waals surface area contributed by atoms with Gasteiger partial charge >= 0.3 is 0 Å². The fourth-order valence-electron chi connectivity index (χ4n) is 4.70. The van der Waals surface area contributed by atoms with E-state index >= 15 is 0 Å². The van der Waals surface area contributed by atoms with E-state index in [9.17, 15) is 8.42 Å². The molecule has 4 nitrogen and oxygen atoms in total. The molecule has 0 amide bonds. The van der Waals surface area contributed by atoms with Gasteiger partial charge in [0.05, 0.1) is 37.1 Å². The van der Waals surface area contributed by atoms with Crippen molar-refractivity contribution in [2.75, 3.05) is 26.2 Å². The number of hydrogen-bond acceptors (Lipinski definition) is 2. The average Bonchev–Trinajstić information content (AvgIpc) is 2.67. The Bertz CT molecular complexity index is 872. The highest BCUT2D eigenvalue weighted by Gasteiger charge is 2.35. The first-order valence-electron chi connectivity index (χ1n) is 9.87. The number of rotatable bonds is 3. The molecule has 2 atom stereocenters. The van der Waals surface area contributed by atoms with Crippen molar-refractivity contribution in [3.8, 4) is 0 Å². The Hall–Kier alpha value is -1.43. The molecule has 0 radical (unpaired) electrons. The molecule has 1 aliphatic heterocycles. The molecule has 0 unspecified atom stereocenters. The highest BCUT2D eigenvalue weighted by Crippen LogP contribution is 2.24. The Labute approximate surface area is 156 Å².